The number of hydrogen-bond donors (Lipinski definition) is 0. The number of nitrogens with zero attached hydrogens (tertiary/aromatic N) is 1. The molecule has 2 aromatic rings. The summed E-state index contributed by atoms with van der Waals surface area (Å²) in [6.07, 6.45) is -0.322. The fraction of sp³-hybridized carbons (Fsp3) is 0.263. The molecule has 0 spiro atoms. The van der Waals surface area contributed by atoms with Crippen LogP contribution in [0.5, 0.6) is 0 Å². The van der Waals surface area contributed by atoms with Gasteiger partial charge >= 0.3 is 5.97 Å². The van der Waals surface area contributed by atoms with Crippen molar-refractivity contribution in [2.45, 2.75) is 26.0 Å². The highest BCUT2D eigenvalue weighted by Gasteiger charge is 2.28. The van der Waals surface area contributed by atoms with Gasteiger partial charge in [-0.3, -0.25) is 4.79 Å². The van der Waals surface area contributed by atoms with Crippen molar-refractivity contribution < 1.29 is 23.1 Å². The van der Waals surface area contributed by atoms with Gasteiger partial charge in [-0.2, -0.15) is 0 Å². The first-order valence-corrected chi connectivity index (χ1v) is 7.97. The predicted octanol–water partition coefficient (Wildman–Crippen LogP) is 3.10. The van der Waals surface area contributed by atoms with E-state index in [-0.39, 0.29) is 5.91 Å². The van der Waals surface area contributed by atoms with Crippen molar-refractivity contribution in [2.75, 3.05) is 6.54 Å². The maximum Gasteiger partial charge on any atom is 0.341 e. The zero-order valence-corrected chi connectivity index (χ0v) is 13.7. The van der Waals surface area contributed by atoms with Crippen molar-refractivity contribution in [3.63, 3.8) is 0 Å². The van der Waals surface area contributed by atoms with Crippen LogP contribution in [-0.2, 0) is 22.5 Å². The molecule has 0 saturated carbocycles. The van der Waals surface area contributed by atoms with Gasteiger partial charge in [0.1, 0.15) is 11.6 Å². The lowest BCUT2D eigenvalue weighted by atomic mass is 9.99. The van der Waals surface area contributed by atoms with Gasteiger partial charge in [0.25, 0.3) is 5.91 Å². The summed E-state index contributed by atoms with van der Waals surface area (Å²) in [7, 11) is 0. The largest absolute Gasteiger partial charge is 0.449 e. The SMILES string of the molecule is C[C@@H](OC(=O)c1ccc(F)cc1F)C(=O)N1CCc2ccccc2C1. The summed E-state index contributed by atoms with van der Waals surface area (Å²) in [4.78, 5) is 26.1. The summed E-state index contributed by atoms with van der Waals surface area (Å²) >= 11 is 0. The molecule has 0 bridgehead atoms. The minimum Gasteiger partial charge on any atom is -0.449 e. The third-order valence-electron chi connectivity index (χ3n) is 4.22. The van der Waals surface area contributed by atoms with E-state index in [0.29, 0.717) is 19.2 Å². The van der Waals surface area contributed by atoms with E-state index in [4.69, 9.17) is 4.74 Å². The maximum atomic E-state index is 13.6. The van der Waals surface area contributed by atoms with E-state index in [1.54, 1.807) is 4.90 Å². The quantitative estimate of drug-likeness (QED) is 0.803. The smallest absolute Gasteiger partial charge is 0.341 e. The van der Waals surface area contributed by atoms with Crippen molar-refractivity contribution in [3.05, 3.63) is 70.8 Å². The van der Waals surface area contributed by atoms with Gasteiger partial charge in [0, 0.05) is 19.2 Å². The lowest BCUT2D eigenvalue weighted by molar-refractivity contribution is -0.140. The van der Waals surface area contributed by atoms with Crippen molar-refractivity contribution in [1.82, 2.24) is 4.90 Å². The molecule has 130 valence electrons. The van der Waals surface area contributed by atoms with Gasteiger partial charge in [-0.1, -0.05) is 24.3 Å². The molecule has 1 amide bonds. The summed E-state index contributed by atoms with van der Waals surface area (Å²) in [5.74, 6) is -3.14. The van der Waals surface area contributed by atoms with Gasteiger partial charge in [0.05, 0.1) is 5.56 Å². The zero-order chi connectivity index (χ0) is 18.0. The first-order valence-electron chi connectivity index (χ1n) is 7.97. The van der Waals surface area contributed by atoms with E-state index >= 15 is 0 Å². The van der Waals surface area contributed by atoms with Crippen LogP contribution in [0.1, 0.15) is 28.4 Å². The highest BCUT2D eigenvalue weighted by atomic mass is 19.1. The molecule has 1 aliphatic heterocycles. The summed E-state index contributed by atoms with van der Waals surface area (Å²) in [6, 6.07) is 10.4. The molecule has 6 heteroatoms. The highest BCUT2D eigenvalue weighted by Crippen LogP contribution is 2.20. The first kappa shape index (κ1) is 17.1. The molecule has 1 heterocycles. The van der Waals surface area contributed by atoms with Crippen LogP contribution in [0.15, 0.2) is 42.5 Å². The Kier molecular flexibility index (Phi) is 4.79. The third kappa shape index (κ3) is 3.68. The number of fused-ring (bicyclic) bond motifs is 1. The van der Waals surface area contributed by atoms with Gasteiger partial charge in [-0.15, -0.1) is 0 Å². The zero-order valence-electron chi connectivity index (χ0n) is 13.7. The van der Waals surface area contributed by atoms with Crippen LogP contribution in [-0.4, -0.2) is 29.4 Å². The van der Waals surface area contributed by atoms with Gasteiger partial charge < -0.3 is 9.64 Å². The number of rotatable bonds is 3. The Morgan fingerprint density at radius 3 is 2.56 bits per heavy atom. The molecule has 0 fully saturated rings. The van der Waals surface area contributed by atoms with E-state index in [0.717, 1.165) is 24.1 Å². The van der Waals surface area contributed by atoms with Crippen LogP contribution in [0.4, 0.5) is 8.78 Å². The van der Waals surface area contributed by atoms with E-state index in [9.17, 15) is 18.4 Å². The van der Waals surface area contributed by atoms with Gasteiger partial charge in [0.2, 0.25) is 0 Å². The first-order chi connectivity index (χ1) is 12.0. The van der Waals surface area contributed by atoms with Crippen LogP contribution in [0.2, 0.25) is 0 Å². The average Bonchev–Trinajstić information content (AvgIpc) is 2.60. The monoisotopic (exact) mass is 345 g/mol. The maximum absolute atomic E-state index is 13.6. The number of halogens is 2. The normalized spacial score (nSPS) is 14.6. The van der Waals surface area contributed by atoms with E-state index < -0.39 is 29.3 Å². The summed E-state index contributed by atoms with van der Waals surface area (Å²) in [5, 5.41) is 0. The molecule has 25 heavy (non-hydrogen) atoms. The Bertz CT molecular complexity index is 822. The highest BCUT2D eigenvalue weighted by molar-refractivity contribution is 5.92. The number of carbonyl (C=O) groups excluding carboxylic acids is 2. The molecule has 1 aliphatic rings. The van der Waals surface area contributed by atoms with Crippen molar-refractivity contribution >= 4 is 11.9 Å². The fourth-order valence-electron chi connectivity index (χ4n) is 2.87. The van der Waals surface area contributed by atoms with Crippen molar-refractivity contribution in [1.29, 1.82) is 0 Å². The summed E-state index contributed by atoms with van der Waals surface area (Å²) in [6.45, 7) is 2.42. The van der Waals surface area contributed by atoms with Gasteiger partial charge in [-0.25, -0.2) is 13.6 Å². The van der Waals surface area contributed by atoms with Crippen LogP contribution >= 0.6 is 0 Å². The Balaban J connectivity index is 1.66. The third-order valence-corrected chi connectivity index (χ3v) is 4.22. The van der Waals surface area contributed by atoms with Crippen LogP contribution < -0.4 is 0 Å². The van der Waals surface area contributed by atoms with Crippen molar-refractivity contribution in [2.24, 2.45) is 0 Å². The predicted molar refractivity (Wildman–Crippen MR) is 86.8 cm³/mol. The van der Waals surface area contributed by atoms with Gasteiger partial charge in [0.15, 0.2) is 6.10 Å². The molecule has 1 atom stereocenters. The molecule has 3 rings (SSSR count). The van der Waals surface area contributed by atoms with E-state index in [1.165, 1.54) is 12.5 Å². The molecule has 4 nitrogen and oxygen atoms in total. The number of esters is 1. The summed E-state index contributed by atoms with van der Waals surface area (Å²) in [5.41, 5.74) is 1.86. The molecule has 0 radical (unpaired) electrons. The van der Waals surface area contributed by atoms with Crippen LogP contribution in [0.3, 0.4) is 0 Å². The van der Waals surface area contributed by atoms with Crippen molar-refractivity contribution in [3.8, 4) is 0 Å². The topological polar surface area (TPSA) is 46.6 Å². The van der Waals surface area contributed by atoms with Crippen LogP contribution in [0.25, 0.3) is 0 Å². The van der Waals surface area contributed by atoms with Gasteiger partial charge in [-0.05, 0) is 36.6 Å². The number of carbonyl (C=O) groups is 2. The molecule has 0 unspecified atom stereocenters. The van der Waals surface area contributed by atoms with E-state index in [2.05, 4.69) is 0 Å². The van der Waals surface area contributed by atoms with Crippen LogP contribution in [0, 0.1) is 11.6 Å². The second kappa shape index (κ2) is 7.01. The van der Waals surface area contributed by atoms with E-state index in [1.807, 2.05) is 24.3 Å². The molecule has 0 aromatic heterocycles. The molecule has 0 N–H and O–H groups in total. The number of ether oxygens (including phenoxy) is 1. The lowest BCUT2D eigenvalue weighted by Gasteiger charge is -2.30. The molecule has 0 aliphatic carbocycles. The minimum atomic E-state index is -1.05. The Labute approximate surface area is 144 Å². The molecule has 0 saturated heterocycles. The Hall–Kier alpha value is -2.76. The second-order valence-corrected chi connectivity index (χ2v) is 5.95. The Morgan fingerprint density at radius 2 is 1.84 bits per heavy atom. The molecular formula is C19H17F2NO3. The number of amides is 1. The molecule has 2 aromatic carbocycles. The average molecular weight is 345 g/mol. The summed E-state index contributed by atoms with van der Waals surface area (Å²) < 4.78 is 31.6. The number of hydrogen-bond acceptors (Lipinski definition) is 3. The second-order valence-electron chi connectivity index (χ2n) is 5.95. The lowest BCUT2D eigenvalue weighted by Crippen LogP contribution is -2.42. The molecular weight excluding hydrogens is 328 g/mol. The standard InChI is InChI=1S/C19H17F2NO3/c1-12(25-19(24)16-7-6-15(20)10-17(16)21)18(23)22-9-8-13-4-2-3-5-14(13)11-22/h2-7,10,12H,8-9,11H2,1H3/t12-/m1/s1. The number of benzene rings is 2. The minimum absolute atomic E-state index is 0.342. The fourth-order valence-corrected chi connectivity index (χ4v) is 2.87. The Morgan fingerprint density at radius 1 is 1.12 bits per heavy atom.